The summed E-state index contributed by atoms with van der Waals surface area (Å²) in [5, 5.41) is 0.673. The van der Waals surface area contributed by atoms with E-state index in [0.717, 1.165) is 5.69 Å². The van der Waals surface area contributed by atoms with Crippen LogP contribution in [0, 0.1) is 0 Å². The highest BCUT2D eigenvalue weighted by Gasteiger charge is 2.39. The van der Waals surface area contributed by atoms with Gasteiger partial charge in [0, 0.05) is 36.9 Å². The van der Waals surface area contributed by atoms with E-state index < -0.39 is 16.1 Å². The van der Waals surface area contributed by atoms with Crippen molar-refractivity contribution in [1.29, 1.82) is 0 Å². The minimum atomic E-state index is -3.73. The van der Waals surface area contributed by atoms with E-state index in [9.17, 15) is 13.2 Å². The van der Waals surface area contributed by atoms with Gasteiger partial charge >= 0.3 is 0 Å². The number of hydrogen-bond acceptors (Lipinski definition) is 5. The van der Waals surface area contributed by atoms with Crippen LogP contribution >= 0.6 is 11.6 Å². The van der Waals surface area contributed by atoms with Crippen molar-refractivity contribution in [3.63, 3.8) is 0 Å². The fourth-order valence-electron chi connectivity index (χ4n) is 4.52. The van der Waals surface area contributed by atoms with Crippen LogP contribution in [-0.2, 0) is 20.6 Å². The number of sulfonamides is 1. The van der Waals surface area contributed by atoms with Gasteiger partial charge in [-0.05, 0) is 35.9 Å². The maximum absolute atomic E-state index is 13.4. The van der Waals surface area contributed by atoms with Gasteiger partial charge in [0.15, 0.2) is 6.10 Å². The van der Waals surface area contributed by atoms with Crippen LogP contribution in [0.2, 0.25) is 5.02 Å². The Morgan fingerprint density at radius 1 is 0.914 bits per heavy atom. The smallest absolute Gasteiger partial charge is 0.265 e. The maximum Gasteiger partial charge on any atom is 0.265 e. The molecule has 1 atom stereocenters. The summed E-state index contributed by atoms with van der Waals surface area (Å²) in [7, 11) is -3.73. The Labute approximate surface area is 210 Å². The first-order chi connectivity index (χ1) is 16.9. The molecule has 7 nitrogen and oxygen atoms in total. The van der Waals surface area contributed by atoms with E-state index in [0.29, 0.717) is 48.2 Å². The zero-order chi connectivity index (χ0) is 24.4. The van der Waals surface area contributed by atoms with Gasteiger partial charge in [-0.1, -0.05) is 60.1 Å². The Kier molecular flexibility index (Phi) is 6.58. The van der Waals surface area contributed by atoms with Gasteiger partial charge in [-0.3, -0.25) is 9.10 Å². The number of halogens is 1. The number of fused-ring (bicyclic) bond motifs is 1. The Morgan fingerprint density at radius 2 is 1.63 bits per heavy atom. The first-order valence-electron chi connectivity index (χ1n) is 11.5. The molecular weight excluding hydrogens is 486 g/mol. The van der Waals surface area contributed by atoms with Gasteiger partial charge < -0.3 is 14.5 Å². The molecule has 1 amide bonds. The second-order valence-corrected chi connectivity index (χ2v) is 11.0. The first-order valence-corrected chi connectivity index (χ1v) is 13.5. The van der Waals surface area contributed by atoms with Crippen LogP contribution in [-0.4, -0.2) is 58.1 Å². The van der Waals surface area contributed by atoms with Crippen LogP contribution < -0.4 is 13.9 Å². The summed E-state index contributed by atoms with van der Waals surface area (Å²) in [4.78, 5) is 17.4. The van der Waals surface area contributed by atoms with Gasteiger partial charge in [-0.2, -0.15) is 0 Å². The molecule has 182 valence electrons. The van der Waals surface area contributed by atoms with Crippen molar-refractivity contribution in [2.75, 3.05) is 41.9 Å². The number of rotatable bonds is 5. The van der Waals surface area contributed by atoms with Gasteiger partial charge in [-0.25, -0.2) is 8.42 Å². The van der Waals surface area contributed by atoms with E-state index in [4.69, 9.17) is 16.3 Å². The highest BCUT2D eigenvalue weighted by atomic mass is 35.5. The standard InChI is InChI=1S/C26H26ClN3O4S/c27-21-9-6-10-22(17-21)28-13-15-29(16-14-28)26(31)25-18-30(23-11-4-5-12-24(23)34-25)35(32,33)19-20-7-2-1-3-8-20/h1-12,17,25H,13-16,18-19H2/t25-/m0/s1. The normalized spacial score (nSPS) is 18.1. The summed E-state index contributed by atoms with van der Waals surface area (Å²) in [5.74, 6) is 0.0398. The Hall–Kier alpha value is -3.23. The van der Waals surface area contributed by atoms with Crippen LogP contribution in [0.4, 0.5) is 11.4 Å². The van der Waals surface area contributed by atoms with Crippen LogP contribution in [0.25, 0.3) is 0 Å². The molecule has 0 aliphatic carbocycles. The van der Waals surface area contributed by atoms with Crippen molar-refractivity contribution in [2.45, 2.75) is 11.9 Å². The van der Waals surface area contributed by atoms with E-state index in [2.05, 4.69) is 4.90 Å². The highest BCUT2D eigenvalue weighted by molar-refractivity contribution is 7.92. The molecule has 3 aromatic rings. The van der Waals surface area contributed by atoms with Gasteiger partial charge in [0.25, 0.3) is 5.91 Å². The number of piperazine rings is 1. The molecule has 0 bridgehead atoms. The van der Waals surface area contributed by atoms with Crippen molar-refractivity contribution in [2.24, 2.45) is 0 Å². The van der Waals surface area contributed by atoms with Crippen LogP contribution in [0.5, 0.6) is 5.75 Å². The number of carbonyl (C=O) groups excluding carboxylic acids is 1. The maximum atomic E-state index is 13.4. The van der Waals surface area contributed by atoms with E-state index >= 15 is 0 Å². The van der Waals surface area contributed by atoms with E-state index in [1.54, 1.807) is 41.3 Å². The largest absolute Gasteiger partial charge is 0.476 e. The second-order valence-electron chi connectivity index (χ2n) is 8.64. The van der Waals surface area contributed by atoms with Gasteiger partial charge in [0.05, 0.1) is 18.0 Å². The predicted octanol–water partition coefficient (Wildman–Crippen LogP) is 3.79. The predicted molar refractivity (Wildman–Crippen MR) is 138 cm³/mol. The van der Waals surface area contributed by atoms with Gasteiger partial charge in [0.1, 0.15) is 5.75 Å². The second kappa shape index (κ2) is 9.79. The lowest BCUT2D eigenvalue weighted by molar-refractivity contribution is -0.138. The number of ether oxygens (including phenoxy) is 1. The summed E-state index contributed by atoms with van der Waals surface area (Å²) in [6.07, 6.45) is -0.909. The molecule has 0 aromatic heterocycles. The van der Waals surface area contributed by atoms with Crippen LogP contribution in [0.3, 0.4) is 0 Å². The Balaban J connectivity index is 1.32. The van der Waals surface area contributed by atoms with Crippen molar-refractivity contribution >= 4 is 38.9 Å². The summed E-state index contributed by atoms with van der Waals surface area (Å²) in [5.41, 5.74) is 2.17. The average Bonchev–Trinajstić information content (AvgIpc) is 2.88. The highest BCUT2D eigenvalue weighted by Crippen LogP contribution is 2.36. The fraction of sp³-hybridized carbons (Fsp3) is 0.269. The number of carbonyl (C=O) groups is 1. The lowest BCUT2D eigenvalue weighted by Gasteiger charge is -2.40. The van der Waals surface area contributed by atoms with Crippen molar-refractivity contribution in [1.82, 2.24) is 4.90 Å². The SMILES string of the molecule is O=C([C@@H]1CN(S(=O)(=O)Cc2ccccc2)c2ccccc2O1)N1CCN(c2cccc(Cl)c2)CC1. The van der Waals surface area contributed by atoms with Crippen molar-refractivity contribution in [3.8, 4) is 5.75 Å². The molecule has 9 heteroatoms. The summed E-state index contributed by atoms with van der Waals surface area (Å²) in [6, 6.07) is 23.7. The first kappa shape index (κ1) is 23.5. The Morgan fingerprint density at radius 3 is 2.37 bits per heavy atom. The molecule has 2 heterocycles. The molecule has 5 rings (SSSR count). The van der Waals surface area contributed by atoms with Crippen LogP contribution in [0.1, 0.15) is 5.56 Å². The Bertz CT molecular complexity index is 1310. The minimum Gasteiger partial charge on any atom is -0.476 e. The molecule has 1 saturated heterocycles. The molecule has 0 saturated carbocycles. The molecule has 1 fully saturated rings. The molecular formula is C26H26ClN3O4S. The molecule has 2 aliphatic rings. The van der Waals surface area contributed by atoms with E-state index in [1.807, 2.05) is 42.5 Å². The molecule has 35 heavy (non-hydrogen) atoms. The lowest BCUT2D eigenvalue weighted by Crippen LogP contribution is -2.56. The number of para-hydroxylation sites is 2. The summed E-state index contributed by atoms with van der Waals surface area (Å²) in [6.45, 7) is 2.30. The molecule has 0 unspecified atom stereocenters. The molecule has 0 spiro atoms. The summed E-state index contributed by atoms with van der Waals surface area (Å²) >= 11 is 6.13. The molecule has 0 radical (unpaired) electrons. The topological polar surface area (TPSA) is 70.2 Å². The number of anilines is 2. The third-order valence-electron chi connectivity index (χ3n) is 6.30. The number of nitrogens with zero attached hydrogens (tertiary/aromatic N) is 3. The zero-order valence-corrected chi connectivity index (χ0v) is 20.7. The quantitative estimate of drug-likeness (QED) is 0.521. The number of amides is 1. The van der Waals surface area contributed by atoms with Gasteiger partial charge in [-0.15, -0.1) is 0 Å². The fourth-order valence-corrected chi connectivity index (χ4v) is 6.29. The third kappa shape index (κ3) is 5.09. The van der Waals surface area contributed by atoms with Gasteiger partial charge in [0.2, 0.25) is 10.0 Å². The molecule has 2 aliphatic heterocycles. The monoisotopic (exact) mass is 511 g/mol. The zero-order valence-electron chi connectivity index (χ0n) is 19.1. The van der Waals surface area contributed by atoms with Crippen LogP contribution in [0.15, 0.2) is 78.9 Å². The van der Waals surface area contributed by atoms with Crippen molar-refractivity contribution in [3.05, 3.63) is 89.4 Å². The summed E-state index contributed by atoms with van der Waals surface area (Å²) < 4.78 is 34.2. The lowest BCUT2D eigenvalue weighted by atomic mass is 10.2. The van der Waals surface area contributed by atoms with Crippen molar-refractivity contribution < 1.29 is 17.9 Å². The number of hydrogen-bond donors (Lipinski definition) is 0. The average molecular weight is 512 g/mol. The molecule has 0 N–H and O–H groups in total. The van der Waals surface area contributed by atoms with E-state index in [-0.39, 0.29) is 18.2 Å². The minimum absolute atomic E-state index is 0.0560. The number of benzene rings is 3. The van der Waals surface area contributed by atoms with E-state index in [1.165, 1.54) is 4.31 Å². The third-order valence-corrected chi connectivity index (χ3v) is 8.25. The molecule has 3 aromatic carbocycles.